The van der Waals surface area contributed by atoms with Gasteiger partial charge in [-0.2, -0.15) is 8.78 Å². The Labute approximate surface area is 190 Å². The van der Waals surface area contributed by atoms with Gasteiger partial charge in [-0.3, -0.25) is 0 Å². The van der Waals surface area contributed by atoms with Crippen molar-refractivity contribution < 1.29 is 22.3 Å². The van der Waals surface area contributed by atoms with Crippen LogP contribution in [0, 0.1) is 41.2 Å². The van der Waals surface area contributed by atoms with Gasteiger partial charge in [-0.15, -0.1) is 0 Å². The van der Waals surface area contributed by atoms with E-state index in [0.29, 0.717) is 5.56 Å². The SMILES string of the molecule is CCCCC1CCC2CC(C3CCC(c4cc(F)c(OC(F)F)c(F)c4)CC3)CCC2C1. The molecule has 4 rings (SSSR count). The highest BCUT2D eigenvalue weighted by Gasteiger charge is 2.38. The molecule has 0 spiro atoms. The van der Waals surface area contributed by atoms with Crippen molar-refractivity contribution in [3.8, 4) is 5.75 Å². The minimum absolute atomic E-state index is 0.0983. The molecule has 0 aliphatic heterocycles. The molecule has 0 saturated heterocycles. The Morgan fingerprint density at radius 1 is 0.812 bits per heavy atom. The molecule has 1 nitrogen and oxygen atoms in total. The number of hydrogen-bond donors (Lipinski definition) is 0. The third kappa shape index (κ3) is 5.62. The molecule has 0 N–H and O–H groups in total. The molecule has 0 heterocycles. The summed E-state index contributed by atoms with van der Waals surface area (Å²) in [6.07, 6.45) is 16.5. The molecule has 3 aliphatic rings. The van der Waals surface area contributed by atoms with Gasteiger partial charge in [0.2, 0.25) is 0 Å². The summed E-state index contributed by atoms with van der Waals surface area (Å²) in [4.78, 5) is 0. The highest BCUT2D eigenvalue weighted by molar-refractivity contribution is 5.33. The molecule has 0 bridgehead atoms. The van der Waals surface area contributed by atoms with Crippen molar-refractivity contribution in [2.24, 2.45) is 29.6 Å². The zero-order valence-electron chi connectivity index (χ0n) is 19.3. The summed E-state index contributed by atoms with van der Waals surface area (Å²) < 4.78 is 57.0. The van der Waals surface area contributed by atoms with Crippen LogP contribution in [0.2, 0.25) is 0 Å². The summed E-state index contributed by atoms with van der Waals surface area (Å²) in [6, 6.07) is 2.38. The molecule has 32 heavy (non-hydrogen) atoms. The van der Waals surface area contributed by atoms with E-state index in [1.165, 1.54) is 69.9 Å². The van der Waals surface area contributed by atoms with Crippen molar-refractivity contribution in [2.75, 3.05) is 0 Å². The zero-order chi connectivity index (χ0) is 22.7. The Bertz CT molecular complexity index is 720. The molecular weight excluding hydrogens is 416 g/mol. The molecule has 5 heteroatoms. The van der Waals surface area contributed by atoms with Crippen LogP contribution in [0.15, 0.2) is 12.1 Å². The molecule has 0 amide bonds. The van der Waals surface area contributed by atoms with Crippen molar-refractivity contribution >= 4 is 0 Å². The van der Waals surface area contributed by atoms with Gasteiger partial charge in [-0.1, -0.05) is 32.6 Å². The van der Waals surface area contributed by atoms with Gasteiger partial charge in [-0.05, 0) is 111 Å². The molecule has 0 aromatic heterocycles. The fourth-order valence-corrected chi connectivity index (χ4v) is 7.15. The molecule has 1 aromatic rings. The molecule has 4 unspecified atom stereocenters. The Morgan fingerprint density at radius 2 is 1.38 bits per heavy atom. The predicted octanol–water partition coefficient (Wildman–Crippen LogP) is 8.86. The van der Waals surface area contributed by atoms with Crippen LogP contribution in [0.4, 0.5) is 17.6 Å². The Balaban J connectivity index is 1.28. The average molecular weight is 455 g/mol. The number of unbranched alkanes of at least 4 members (excludes halogenated alkanes) is 1. The molecule has 3 aliphatic carbocycles. The van der Waals surface area contributed by atoms with E-state index in [-0.39, 0.29) is 5.92 Å². The first-order valence-electron chi connectivity index (χ1n) is 12.9. The van der Waals surface area contributed by atoms with Gasteiger partial charge in [-0.25, -0.2) is 8.78 Å². The molecule has 180 valence electrons. The predicted molar refractivity (Wildman–Crippen MR) is 119 cm³/mol. The Hall–Kier alpha value is -1.26. The van der Waals surface area contributed by atoms with Crippen molar-refractivity contribution in [3.05, 3.63) is 29.3 Å². The average Bonchev–Trinajstić information content (AvgIpc) is 2.79. The maximum Gasteiger partial charge on any atom is 0.387 e. The number of alkyl halides is 2. The van der Waals surface area contributed by atoms with Crippen LogP contribution in [-0.2, 0) is 0 Å². The minimum atomic E-state index is -3.23. The van der Waals surface area contributed by atoms with Crippen LogP contribution in [0.5, 0.6) is 5.75 Å². The number of fused-ring (bicyclic) bond motifs is 1. The fraction of sp³-hybridized carbons (Fsp3) is 0.778. The Morgan fingerprint density at radius 3 is 2.00 bits per heavy atom. The smallest absolute Gasteiger partial charge is 0.387 e. The second-order valence-corrected chi connectivity index (χ2v) is 10.7. The minimum Gasteiger partial charge on any atom is -0.429 e. The van der Waals surface area contributed by atoms with Crippen molar-refractivity contribution in [3.63, 3.8) is 0 Å². The number of rotatable bonds is 7. The third-order valence-electron chi connectivity index (χ3n) is 8.87. The van der Waals surface area contributed by atoms with Crippen LogP contribution >= 0.6 is 0 Å². The molecule has 3 fully saturated rings. The standard InChI is InChI=1S/C27H38F4O/c1-2-3-4-17-5-6-22-14-21(12-11-20(22)13-17)18-7-9-19(10-8-18)23-15-24(28)26(25(29)16-23)32-27(30)31/h15-22,27H,2-14H2,1H3. The summed E-state index contributed by atoms with van der Waals surface area (Å²) in [7, 11) is 0. The van der Waals surface area contributed by atoms with Gasteiger partial charge in [0.1, 0.15) is 0 Å². The maximum atomic E-state index is 14.1. The van der Waals surface area contributed by atoms with Gasteiger partial charge in [0, 0.05) is 0 Å². The molecule has 1 aromatic carbocycles. The summed E-state index contributed by atoms with van der Waals surface area (Å²) >= 11 is 0. The number of ether oxygens (including phenoxy) is 1. The number of benzene rings is 1. The summed E-state index contributed by atoms with van der Waals surface area (Å²) in [5, 5.41) is 0. The summed E-state index contributed by atoms with van der Waals surface area (Å²) in [5.74, 6) is 1.40. The highest BCUT2D eigenvalue weighted by Crippen LogP contribution is 2.50. The first kappa shape index (κ1) is 23.9. The van der Waals surface area contributed by atoms with E-state index in [0.717, 1.165) is 55.3 Å². The largest absolute Gasteiger partial charge is 0.429 e. The van der Waals surface area contributed by atoms with E-state index in [2.05, 4.69) is 11.7 Å². The summed E-state index contributed by atoms with van der Waals surface area (Å²) in [6.45, 7) is -0.947. The summed E-state index contributed by atoms with van der Waals surface area (Å²) in [5.41, 5.74) is 0.578. The van der Waals surface area contributed by atoms with Crippen LogP contribution in [0.1, 0.15) is 102 Å². The number of halogens is 4. The lowest BCUT2D eigenvalue weighted by Gasteiger charge is -2.45. The quantitative estimate of drug-likeness (QED) is 0.374. The second kappa shape index (κ2) is 10.8. The number of hydrogen-bond acceptors (Lipinski definition) is 1. The van der Waals surface area contributed by atoms with Crippen LogP contribution < -0.4 is 4.74 Å². The van der Waals surface area contributed by atoms with Crippen LogP contribution in [0.25, 0.3) is 0 Å². The fourth-order valence-electron chi connectivity index (χ4n) is 7.15. The molecular formula is C27H38F4O. The lowest BCUT2D eigenvalue weighted by molar-refractivity contribution is -0.0546. The normalized spacial score (nSPS) is 33.2. The molecule has 0 radical (unpaired) electrons. The lowest BCUT2D eigenvalue weighted by atomic mass is 9.60. The van der Waals surface area contributed by atoms with Gasteiger partial charge in [0.15, 0.2) is 17.4 Å². The van der Waals surface area contributed by atoms with Gasteiger partial charge in [0.05, 0.1) is 0 Å². The van der Waals surface area contributed by atoms with Gasteiger partial charge < -0.3 is 4.74 Å². The first-order chi connectivity index (χ1) is 15.4. The molecule has 3 saturated carbocycles. The second-order valence-electron chi connectivity index (χ2n) is 10.7. The monoisotopic (exact) mass is 454 g/mol. The van der Waals surface area contributed by atoms with Crippen LogP contribution in [0.3, 0.4) is 0 Å². The van der Waals surface area contributed by atoms with E-state index in [4.69, 9.17) is 0 Å². The van der Waals surface area contributed by atoms with Gasteiger partial charge >= 0.3 is 6.61 Å². The highest BCUT2D eigenvalue weighted by atomic mass is 19.3. The van der Waals surface area contributed by atoms with E-state index in [1.807, 2.05) is 0 Å². The van der Waals surface area contributed by atoms with Crippen LogP contribution in [-0.4, -0.2) is 6.61 Å². The maximum absolute atomic E-state index is 14.1. The van der Waals surface area contributed by atoms with E-state index < -0.39 is 24.0 Å². The van der Waals surface area contributed by atoms with E-state index in [1.54, 1.807) is 0 Å². The van der Waals surface area contributed by atoms with Crippen molar-refractivity contribution in [2.45, 2.75) is 103 Å². The van der Waals surface area contributed by atoms with E-state index in [9.17, 15) is 17.6 Å². The van der Waals surface area contributed by atoms with Crippen molar-refractivity contribution in [1.29, 1.82) is 0 Å². The van der Waals surface area contributed by atoms with Gasteiger partial charge in [0.25, 0.3) is 0 Å². The topological polar surface area (TPSA) is 9.23 Å². The lowest BCUT2D eigenvalue weighted by Crippen LogP contribution is -2.34. The Kier molecular flexibility index (Phi) is 8.04. The third-order valence-corrected chi connectivity index (χ3v) is 8.87. The van der Waals surface area contributed by atoms with E-state index >= 15 is 0 Å². The van der Waals surface area contributed by atoms with Crippen molar-refractivity contribution in [1.82, 2.24) is 0 Å². The zero-order valence-corrected chi connectivity index (χ0v) is 19.3. The molecule has 4 atom stereocenters. The first-order valence-corrected chi connectivity index (χ1v) is 12.9.